The molecule has 2 rings (SSSR count). The maximum absolute atomic E-state index is 12.2. The number of carbonyl (C=O) groups is 1. The van der Waals surface area contributed by atoms with Gasteiger partial charge >= 0.3 is 6.09 Å². The minimum Gasteiger partial charge on any atom is -0.444 e. The highest BCUT2D eigenvalue weighted by Crippen LogP contribution is 2.32. The zero-order chi connectivity index (χ0) is 13.5. The van der Waals surface area contributed by atoms with E-state index >= 15 is 0 Å². The molecule has 0 radical (unpaired) electrons. The van der Waals surface area contributed by atoms with Crippen molar-refractivity contribution in [1.29, 1.82) is 0 Å². The van der Waals surface area contributed by atoms with Crippen LogP contribution in [0.3, 0.4) is 0 Å². The number of piperazine rings is 1. The predicted octanol–water partition coefficient (Wildman–Crippen LogP) is 1.11. The first kappa shape index (κ1) is 13.6. The highest BCUT2D eigenvalue weighted by atomic mass is 16.6. The van der Waals surface area contributed by atoms with Crippen LogP contribution in [-0.2, 0) is 4.74 Å². The van der Waals surface area contributed by atoms with E-state index < -0.39 is 11.7 Å². The van der Waals surface area contributed by atoms with E-state index in [0.29, 0.717) is 0 Å². The fourth-order valence-corrected chi connectivity index (χ4v) is 2.96. The molecule has 2 fully saturated rings. The maximum atomic E-state index is 12.2. The number of amides is 1. The molecule has 104 valence electrons. The number of rotatable bonds is 1. The summed E-state index contributed by atoms with van der Waals surface area (Å²) in [6, 6.07) is 0.217. The van der Waals surface area contributed by atoms with Gasteiger partial charge in [-0.25, -0.2) is 4.79 Å². The van der Waals surface area contributed by atoms with Crippen LogP contribution in [0.2, 0.25) is 0 Å². The number of ether oxygens (including phenoxy) is 1. The van der Waals surface area contributed by atoms with Crippen molar-refractivity contribution in [2.45, 2.75) is 70.4 Å². The van der Waals surface area contributed by atoms with Crippen LogP contribution in [0.5, 0.6) is 0 Å². The average Bonchev–Trinajstić information content (AvgIpc) is 2.49. The first-order chi connectivity index (χ1) is 8.29. The average molecular weight is 256 g/mol. The molecular weight excluding hydrogens is 232 g/mol. The van der Waals surface area contributed by atoms with E-state index in [0.717, 1.165) is 19.4 Å². The molecule has 0 aromatic rings. The Bertz CT molecular complexity index is 325. The molecule has 4 unspecified atom stereocenters. The summed E-state index contributed by atoms with van der Waals surface area (Å²) in [7, 11) is 0. The van der Waals surface area contributed by atoms with E-state index in [1.165, 1.54) is 0 Å². The molecular formula is C13H24N2O3. The summed E-state index contributed by atoms with van der Waals surface area (Å²) in [4.78, 5) is 14.1. The summed E-state index contributed by atoms with van der Waals surface area (Å²) in [6.45, 7) is 8.14. The summed E-state index contributed by atoms with van der Waals surface area (Å²) in [5, 5.41) is 13.1. The largest absolute Gasteiger partial charge is 0.444 e. The van der Waals surface area contributed by atoms with Gasteiger partial charge in [-0.3, -0.25) is 4.90 Å². The van der Waals surface area contributed by atoms with E-state index in [4.69, 9.17) is 4.74 Å². The molecule has 2 heterocycles. The Hall–Kier alpha value is -0.810. The molecule has 0 saturated carbocycles. The van der Waals surface area contributed by atoms with Crippen LogP contribution in [0, 0.1) is 0 Å². The number of fused-ring (bicyclic) bond motifs is 2. The van der Waals surface area contributed by atoms with Crippen LogP contribution in [0.1, 0.15) is 40.5 Å². The van der Waals surface area contributed by atoms with Gasteiger partial charge < -0.3 is 15.2 Å². The molecule has 4 atom stereocenters. The molecule has 0 aliphatic carbocycles. The minimum absolute atomic E-state index is 0.0451. The summed E-state index contributed by atoms with van der Waals surface area (Å²) in [5.74, 6) is 0. The molecule has 0 aromatic heterocycles. The van der Waals surface area contributed by atoms with Crippen molar-refractivity contribution in [3.05, 3.63) is 0 Å². The standard InChI is InChI=1S/C13H24N2O3/c1-8(16)11-10-6-5-9(7-14-11)15(10)12(17)18-13(2,3)4/h8-11,14,16H,5-7H2,1-4H3. The summed E-state index contributed by atoms with van der Waals surface area (Å²) < 4.78 is 5.46. The van der Waals surface area contributed by atoms with Crippen molar-refractivity contribution >= 4 is 6.09 Å². The Labute approximate surface area is 108 Å². The second-order valence-electron chi connectivity index (χ2n) is 6.36. The molecule has 2 aliphatic heterocycles. The molecule has 1 amide bonds. The number of hydrogen-bond acceptors (Lipinski definition) is 4. The molecule has 5 nitrogen and oxygen atoms in total. The second-order valence-corrected chi connectivity index (χ2v) is 6.36. The highest BCUT2D eigenvalue weighted by Gasteiger charge is 2.47. The number of nitrogens with one attached hydrogen (secondary N) is 1. The Morgan fingerprint density at radius 1 is 1.44 bits per heavy atom. The van der Waals surface area contributed by atoms with Gasteiger partial charge in [-0.1, -0.05) is 0 Å². The molecule has 2 aliphatic rings. The SMILES string of the molecule is CC(O)C1NCC2CCC1N2C(=O)OC(C)(C)C. The monoisotopic (exact) mass is 256 g/mol. The first-order valence-corrected chi connectivity index (χ1v) is 6.72. The molecule has 0 aromatic carbocycles. The van der Waals surface area contributed by atoms with E-state index in [-0.39, 0.29) is 24.2 Å². The number of nitrogens with zero attached hydrogens (tertiary/aromatic N) is 1. The van der Waals surface area contributed by atoms with Crippen LogP contribution in [0.25, 0.3) is 0 Å². The van der Waals surface area contributed by atoms with Gasteiger partial charge in [0.25, 0.3) is 0 Å². The Balaban J connectivity index is 2.10. The first-order valence-electron chi connectivity index (χ1n) is 6.72. The van der Waals surface area contributed by atoms with Crippen LogP contribution in [-0.4, -0.2) is 52.5 Å². The van der Waals surface area contributed by atoms with E-state index in [2.05, 4.69) is 5.32 Å². The van der Waals surface area contributed by atoms with Gasteiger partial charge in [-0.2, -0.15) is 0 Å². The van der Waals surface area contributed by atoms with Crippen molar-refractivity contribution < 1.29 is 14.6 Å². The van der Waals surface area contributed by atoms with Gasteiger partial charge in [0, 0.05) is 12.6 Å². The maximum Gasteiger partial charge on any atom is 0.410 e. The zero-order valence-corrected chi connectivity index (χ0v) is 11.6. The quantitative estimate of drug-likeness (QED) is 0.737. The zero-order valence-electron chi connectivity index (χ0n) is 11.6. The third-order valence-corrected chi connectivity index (χ3v) is 3.67. The molecule has 2 bridgehead atoms. The molecule has 2 saturated heterocycles. The van der Waals surface area contributed by atoms with Crippen molar-refractivity contribution in [3.63, 3.8) is 0 Å². The third kappa shape index (κ3) is 2.62. The van der Waals surface area contributed by atoms with Crippen molar-refractivity contribution in [3.8, 4) is 0 Å². The molecule has 18 heavy (non-hydrogen) atoms. The predicted molar refractivity (Wildman–Crippen MR) is 68.4 cm³/mol. The lowest BCUT2D eigenvalue weighted by atomic mass is 10.0. The number of carbonyl (C=O) groups excluding carboxylic acids is 1. The van der Waals surface area contributed by atoms with Crippen molar-refractivity contribution in [1.82, 2.24) is 10.2 Å². The molecule has 5 heteroatoms. The number of aliphatic hydroxyl groups is 1. The van der Waals surface area contributed by atoms with Gasteiger partial charge in [0.05, 0.1) is 18.2 Å². The van der Waals surface area contributed by atoms with Gasteiger partial charge in [0.2, 0.25) is 0 Å². The normalized spacial score (nSPS) is 33.4. The Morgan fingerprint density at radius 2 is 2.11 bits per heavy atom. The number of aliphatic hydroxyl groups excluding tert-OH is 1. The molecule has 0 spiro atoms. The van der Waals surface area contributed by atoms with E-state index in [1.54, 1.807) is 6.92 Å². The van der Waals surface area contributed by atoms with Crippen LogP contribution < -0.4 is 5.32 Å². The second kappa shape index (κ2) is 4.70. The molecule has 2 N–H and O–H groups in total. The Kier molecular flexibility index (Phi) is 3.56. The third-order valence-electron chi connectivity index (χ3n) is 3.67. The van der Waals surface area contributed by atoms with Gasteiger partial charge in [0.15, 0.2) is 0 Å². The summed E-state index contributed by atoms with van der Waals surface area (Å²) in [6.07, 6.45) is 1.22. The minimum atomic E-state index is -0.471. The van der Waals surface area contributed by atoms with Crippen LogP contribution in [0.15, 0.2) is 0 Å². The van der Waals surface area contributed by atoms with Gasteiger partial charge in [-0.15, -0.1) is 0 Å². The topological polar surface area (TPSA) is 61.8 Å². The lowest BCUT2D eigenvalue weighted by Gasteiger charge is -2.42. The lowest BCUT2D eigenvalue weighted by molar-refractivity contribution is -0.00704. The van der Waals surface area contributed by atoms with Gasteiger partial charge in [-0.05, 0) is 40.5 Å². The van der Waals surface area contributed by atoms with E-state index in [9.17, 15) is 9.90 Å². The Morgan fingerprint density at radius 3 is 2.67 bits per heavy atom. The fourth-order valence-electron chi connectivity index (χ4n) is 2.96. The van der Waals surface area contributed by atoms with Crippen LogP contribution >= 0.6 is 0 Å². The fraction of sp³-hybridized carbons (Fsp3) is 0.923. The van der Waals surface area contributed by atoms with Crippen molar-refractivity contribution in [2.75, 3.05) is 6.54 Å². The summed E-state index contributed by atoms with van der Waals surface area (Å²) in [5.41, 5.74) is -0.471. The highest BCUT2D eigenvalue weighted by molar-refractivity contribution is 5.70. The van der Waals surface area contributed by atoms with E-state index in [1.807, 2.05) is 25.7 Å². The smallest absolute Gasteiger partial charge is 0.410 e. The lowest BCUT2D eigenvalue weighted by Crippen LogP contribution is -2.63. The number of hydrogen-bond donors (Lipinski definition) is 2. The van der Waals surface area contributed by atoms with Crippen LogP contribution in [0.4, 0.5) is 4.79 Å². The summed E-state index contributed by atoms with van der Waals surface area (Å²) >= 11 is 0. The van der Waals surface area contributed by atoms with Crippen molar-refractivity contribution in [2.24, 2.45) is 0 Å². The van der Waals surface area contributed by atoms with Gasteiger partial charge in [0.1, 0.15) is 5.60 Å².